The SMILES string of the molecule is CNC(=O)C1CC2(CCN(c3ccc(C#N)c(C(F)(F)F)c3)CC2)CN1C(=O)COC. The molecule has 1 N–H and O–H groups in total. The first-order valence-electron chi connectivity index (χ1n) is 10.0. The van der Waals surface area contributed by atoms with Crippen LogP contribution in [0.25, 0.3) is 0 Å². The molecule has 0 radical (unpaired) electrons. The van der Waals surface area contributed by atoms with E-state index >= 15 is 0 Å². The summed E-state index contributed by atoms with van der Waals surface area (Å²) in [7, 11) is 2.95. The van der Waals surface area contributed by atoms with Crippen LogP contribution in [0.5, 0.6) is 0 Å². The number of amides is 2. The van der Waals surface area contributed by atoms with E-state index in [0.29, 0.717) is 44.6 Å². The van der Waals surface area contributed by atoms with Crippen LogP contribution in [0, 0.1) is 16.7 Å². The molecule has 0 saturated carbocycles. The van der Waals surface area contributed by atoms with Crippen molar-refractivity contribution in [2.75, 3.05) is 45.3 Å². The maximum Gasteiger partial charge on any atom is 0.417 e. The number of rotatable bonds is 4. The van der Waals surface area contributed by atoms with Gasteiger partial charge in [-0.3, -0.25) is 9.59 Å². The molecule has 2 aliphatic rings. The number of hydrogen-bond acceptors (Lipinski definition) is 5. The van der Waals surface area contributed by atoms with E-state index in [2.05, 4.69) is 5.32 Å². The standard InChI is InChI=1S/C21H25F3N4O3/c1-26-19(30)17-10-20(13-28(17)18(29)12-31-2)5-7-27(8-6-20)15-4-3-14(11-25)16(9-15)21(22,23)24/h3-4,9,17H,5-8,10,12-13H2,1-2H3,(H,26,30). The third-order valence-electron chi connectivity index (χ3n) is 6.26. The Morgan fingerprint density at radius 2 is 2.00 bits per heavy atom. The molecule has 0 aromatic heterocycles. The van der Waals surface area contributed by atoms with Crippen molar-refractivity contribution >= 4 is 17.5 Å². The van der Waals surface area contributed by atoms with Crippen molar-refractivity contribution in [3.05, 3.63) is 29.3 Å². The first-order chi connectivity index (χ1) is 14.6. The summed E-state index contributed by atoms with van der Waals surface area (Å²) in [6.45, 7) is 1.30. The van der Waals surface area contributed by atoms with E-state index in [1.165, 1.54) is 26.3 Å². The Labute approximate surface area is 178 Å². The minimum absolute atomic E-state index is 0.110. The number of halogens is 3. The molecule has 31 heavy (non-hydrogen) atoms. The van der Waals surface area contributed by atoms with Crippen LogP contribution < -0.4 is 10.2 Å². The molecule has 1 aromatic carbocycles. The van der Waals surface area contributed by atoms with E-state index in [9.17, 15) is 22.8 Å². The van der Waals surface area contributed by atoms with Crippen LogP contribution in [-0.2, 0) is 20.5 Å². The van der Waals surface area contributed by atoms with Crippen molar-refractivity contribution in [2.45, 2.75) is 31.5 Å². The zero-order chi connectivity index (χ0) is 22.8. The van der Waals surface area contributed by atoms with Crippen molar-refractivity contribution in [2.24, 2.45) is 5.41 Å². The second-order valence-electron chi connectivity index (χ2n) is 8.12. The van der Waals surface area contributed by atoms with Crippen molar-refractivity contribution < 1.29 is 27.5 Å². The van der Waals surface area contributed by atoms with Gasteiger partial charge in [0.05, 0.1) is 17.2 Å². The average molecular weight is 438 g/mol. The molecule has 0 bridgehead atoms. The molecule has 0 aliphatic carbocycles. The Bertz CT molecular complexity index is 889. The van der Waals surface area contributed by atoms with Gasteiger partial charge in [-0.1, -0.05) is 0 Å². The van der Waals surface area contributed by atoms with Crippen molar-refractivity contribution in [3.63, 3.8) is 0 Å². The van der Waals surface area contributed by atoms with Gasteiger partial charge in [-0.15, -0.1) is 0 Å². The number of nitrogens with zero attached hydrogens (tertiary/aromatic N) is 3. The van der Waals surface area contributed by atoms with Crippen LogP contribution in [0.4, 0.5) is 18.9 Å². The Morgan fingerprint density at radius 1 is 1.32 bits per heavy atom. The summed E-state index contributed by atoms with van der Waals surface area (Å²) >= 11 is 0. The number of likely N-dealkylation sites (N-methyl/N-ethyl adjacent to an activating group) is 1. The second-order valence-corrected chi connectivity index (χ2v) is 8.12. The number of nitriles is 1. The van der Waals surface area contributed by atoms with Crippen LogP contribution in [0.15, 0.2) is 18.2 Å². The molecule has 10 heteroatoms. The minimum Gasteiger partial charge on any atom is -0.375 e. The van der Waals surface area contributed by atoms with Crippen molar-refractivity contribution in [1.29, 1.82) is 5.26 Å². The third-order valence-corrected chi connectivity index (χ3v) is 6.26. The van der Waals surface area contributed by atoms with E-state index in [0.717, 1.165) is 6.07 Å². The largest absolute Gasteiger partial charge is 0.417 e. The van der Waals surface area contributed by atoms with Gasteiger partial charge in [0, 0.05) is 39.5 Å². The fourth-order valence-electron chi connectivity index (χ4n) is 4.59. The Balaban J connectivity index is 1.76. The molecule has 2 amide bonds. The maximum absolute atomic E-state index is 13.3. The molecule has 2 saturated heterocycles. The summed E-state index contributed by atoms with van der Waals surface area (Å²) in [6, 6.07) is 4.77. The molecule has 168 valence electrons. The van der Waals surface area contributed by atoms with E-state index < -0.39 is 23.3 Å². The van der Waals surface area contributed by atoms with Gasteiger partial charge in [0.2, 0.25) is 11.8 Å². The van der Waals surface area contributed by atoms with Crippen LogP contribution in [-0.4, -0.2) is 63.2 Å². The van der Waals surface area contributed by atoms with E-state index in [-0.39, 0.29) is 23.8 Å². The van der Waals surface area contributed by atoms with Gasteiger partial charge in [0.15, 0.2) is 0 Å². The fourth-order valence-corrected chi connectivity index (χ4v) is 4.59. The normalized spacial score (nSPS) is 20.6. The first kappa shape index (κ1) is 22.9. The number of hydrogen-bond donors (Lipinski definition) is 1. The maximum atomic E-state index is 13.3. The summed E-state index contributed by atoms with van der Waals surface area (Å²) in [5.74, 6) is -0.483. The number of anilines is 1. The van der Waals surface area contributed by atoms with Crippen molar-refractivity contribution in [1.82, 2.24) is 10.2 Å². The van der Waals surface area contributed by atoms with E-state index in [1.807, 2.05) is 4.90 Å². The van der Waals surface area contributed by atoms with Gasteiger partial charge < -0.3 is 19.9 Å². The molecule has 3 rings (SSSR count). The highest BCUT2D eigenvalue weighted by Crippen LogP contribution is 2.45. The first-order valence-corrected chi connectivity index (χ1v) is 10.0. The van der Waals surface area contributed by atoms with Gasteiger partial charge in [-0.2, -0.15) is 18.4 Å². The molecule has 2 fully saturated rings. The van der Waals surface area contributed by atoms with Crippen LogP contribution >= 0.6 is 0 Å². The molecule has 1 spiro atoms. The zero-order valence-corrected chi connectivity index (χ0v) is 17.5. The van der Waals surface area contributed by atoms with Gasteiger partial charge in [0.1, 0.15) is 12.6 Å². The number of alkyl halides is 3. The fraction of sp³-hybridized carbons (Fsp3) is 0.571. The number of carbonyl (C=O) groups is 2. The van der Waals surface area contributed by atoms with E-state index in [1.54, 1.807) is 11.0 Å². The molecule has 1 aromatic rings. The quantitative estimate of drug-likeness (QED) is 0.779. The Hall–Kier alpha value is -2.80. The Kier molecular flexibility index (Phi) is 6.46. The monoisotopic (exact) mass is 438 g/mol. The number of carbonyl (C=O) groups excluding carboxylic acids is 2. The van der Waals surface area contributed by atoms with Gasteiger partial charge in [-0.05, 0) is 42.9 Å². The summed E-state index contributed by atoms with van der Waals surface area (Å²) in [5.41, 5.74) is -1.20. The number of nitrogens with one attached hydrogen (secondary N) is 1. The van der Waals surface area contributed by atoms with Gasteiger partial charge in [-0.25, -0.2) is 0 Å². The molecular weight excluding hydrogens is 413 g/mol. The summed E-state index contributed by atoms with van der Waals surface area (Å²) in [5, 5.41) is 11.6. The molecule has 1 unspecified atom stereocenters. The number of methoxy groups -OCH3 is 1. The topological polar surface area (TPSA) is 85.7 Å². The van der Waals surface area contributed by atoms with Crippen LogP contribution in [0.2, 0.25) is 0 Å². The number of benzene rings is 1. The predicted octanol–water partition coefficient (Wildman–Crippen LogP) is 2.16. The summed E-state index contributed by atoms with van der Waals surface area (Å²) in [6.07, 6.45) is -2.82. The summed E-state index contributed by atoms with van der Waals surface area (Å²) < 4.78 is 44.8. The molecular formula is C21H25F3N4O3. The van der Waals surface area contributed by atoms with Gasteiger partial charge >= 0.3 is 6.18 Å². The van der Waals surface area contributed by atoms with Gasteiger partial charge in [0.25, 0.3) is 0 Å². The van der Waals surface area contributed by atoms with Crippen LogP contribution in [0.1, 0.15) is 30.4 Å². The lowest BCUT2D eigenvalue weighted by Crippen LogP contribution is -2.46. The number of ether oxygens (including phenoxy) is 1. The highest BCUT2D eigenvalue weighted by atomic mass is 19.4. The lowest BCUT2D eigenvalue weighted by molar-refractivity contribution is -0.141. The van der Waals surface area contributed by atoms with Crippen LogP contribution in [0.3, 0.4) is 0 Å². The predicted molar refractivity (Wildman–Crippen MR) is 106 cm³/mol. The molecule has 2 heterocycles. The summed E-state index contributed by atoms with van der Waals surface area (Å²) in [4.78, 5) is 28.2. The third kappa shape index (κ3) is 4.61. The highest BCUT2D eigenvalue weighted by Gasteiger charge is 2.49. The average Bonchev–Trinajstić information content (AvgIpc) is 3.12. The number of likely N-dealkylation sites (tertiary alicyclic amines) is 1. The minimum atomic E-state index is -4.60. The molecule has 1 atom stereocenters. The molecule has 7 nitrogen and oxygen atoms in total. The second kappa shape index (κ2) is 8.75. The zero-order valence-electron chi connectivity index (χ0n) is 17.5. The van der Waals surface area contributed by atoms with E-state index in [4.69, 9.17) is 10.00 Å². The Morgan fingerprint density at radius 3 is 2.55 bits per heavy atom. The van der Waals surface area contributed by atoms with Crippen molar-refractivity contribution in [3.8, 4) is 6.07 Å². The lowest BCUT2D eigenvalue weighted by Gasteiger charge is -2.40. The molecule has 2 aliphatic heterocycles. The highest BCUT2D eigenvalue weighted by molar-refractivity contribution is 5.88. The smallest absolute Gasteiger partial charge is 0.375 e. The lowest BCUT2D eigenvalue weighted by atomic mass is 9.76. The number of piperidine rings is 1.